The zero-order chi connectivity index (χ0) is 24.1. The molecular weight excluding hydrogens is 454 g/mol. The minimum atomic E-state index is -3.22. The van der Waals surface area contributed by atoms with Crippen molar-refractivity contribution in [2.75, 3.05) is 6.26 Å². The van der Waals surface area contributed by atoms with E-state index in [9.17, 15) is 8.42 Å². The average molecular weight is 490 g/mol. The van der Waals surface area contributed by atoms with Crippen LogP contribution in [0.25, 0.3) is 10.8 Å². The quantitative estimate of drug-likeness (QED) is 0.575. The first-order valence-corrected chi connectivity index (χ1v) is 15.2. The van der Waals surface area contributed by atoms with E-state index in [4.69, 9.17) is 4.74 Å². The predicted molar refractivity (Wildman–Crippen MR) is 140 cm³/mol. The molecule has 7 rings (SSSR count). The molecule has 2 spiro atoms. The van der Waals surface area contributed by atoms with E-state index in [0.29, 0.717) is 11.8 Å². The zero-order valence-corrected chi connectivity index (χ0v) is 21.5. The molecule has 184 valence electrons. The van der Waals surface area contributed by atoms with Crippen molar-refractivity contribution in [2.45, 2.75) is 81.5 Å². The highest BCUT2D eigenvalue weighted by Gasteiger charge is 2.66. The van der Waals surface area contributed by atoms with Gasteiger partial charge < -0.3 is 4.74 Å². The molecule has 3 fully saturated rings. The molecule has 2 aliphatic heterocycles. The van der Waals surface area contributed by atoms with Gasteiger partial charge in [-0.15, -0.1) is 0 Å². The van der Waals surface area contributed by atoms with Crippen LogP contribution in [0.15, 0.2) is 65.8 Å². The van der Waals surface area contributed by atoms with Gasteiger partial charge in [0.1, 0.15) is 0 Å². The second-order valence-electron chi connectivity index (χ2n) is 12.1. The van der Waals surface area contributed by atoms with Crippen LogP contribution in [0.5, 0.6) is 0 Å². The highest BCUT2D eigenvalue weighted by molar-refractivity contribution is 7.88. The van der Waals surface area contributed by atoms with E-state index < -0.39 is 10.0 Å². The third-order valence-corrected chi connectivity index (χ3v) is 11.0. The standard InChI is InChI=1S/C30H35NO3S/c1-28-14-13-24-18-23-9-10-25(31-35(2,32)33)19-29(23)15-16-30(24,34-29)27(28)12-11-26(28)22-8-7-20-5-3-4-6-21(20)17-22/h3-8,13,17-18,25-27,31H,9-12,14-16,19H2,1-2H3/t25-,26?,27-,28-,29-,30?/m1/s1. The molecule has 3 aliphatic carbocycles. The lowest BCUT2D eigenvalue weighted by molar-refractivity contribution is -0.135. The molecule has 2 bridgehead atoms. The fourth-order valence-electron chi connectivity index (χ4n) is 8.78. The predicted octanol–water partition coefficient (Wildman–Crippen LogP) is 6.00. The molecule has 35 heavy (non-hydrogen) atoms. The van der Waals surface area contributed by atoms with Gasteiger partial charge in [0.05, 0.1) is 17.5 Å². The minimum absolute atomic E-state index is 0.0354. The number of benzene rings is 2. The highest BCUT2D eigenvalue weighted by atomic mass is 32.2. The van der Waals surface area contributed by atoms with Gasteiger partial charge in [-0.2, -0.15) is 0 Å². The van der Waals surface area contributed by atoms with E-state index >= 15 is 0 Å². The molecule has 0 amide bonds. The summed E-state index contributed by atoms with van der Waals surface area (Å²) in [7, 11) is -3.22. The lowest BCUT2D eigenvalue weighted by Crippen LogP contribution is -2.55. The van der Waals surface area contributed by atoms with Crippen molar-refractivity contribution < 1.29 is 13.2 Å². The third kappa shape index (κ3) is 3.20. The summed E-state index contributed by atoms with van der Waals surface area (Å²) in [4.78, 5) is 0. The Bertz CT molecular complexity index is 1390. The lowest BCUT2D eigenvalue weighted by atomic mass is 9.58. The van der Waals surface area contributed by atoms with Crippen LogP contribution in [0, 0.1) is 11.3 Å². The van der Waals surface area contributed by atoms with Gasteiger partial charge in [0.25, 0.3) is 0 Å². The van der Waals surface area contributed by atoms with Crippen molar-refractivity contribution in [2.24, 2.45) is 11.3 Å². The summed E-state index contributed by atoms with van der Waals surface area (Å²) in [5.41, 5.74) is 3.94. The van der Waals surface area contributed by atoms with Gasteiger partial charge in [-0.25, -0.2) is 13.1 Å². The van der Waals surface area contributed by atoms with Gasteiger partial charge in [-0.1, -0.05) is 61.5 Å². The van der Waals surface area contributed by atoms with Gasteiger partial charge in [-0.05, 0) is 96.1 Å². The maximum absolute atomic E-state index is 12.0. The Balaban J connectivity index is 1.24. The van der Waals surface area contributed by atoms with Gasteiger partial charge in [-0.3, -0.25) is 0 Å². The Morgan fingerprint density at radius 3 is 2.69 bits per heavy atom. The Morgan fingerprint density at radius 2 is 1.86 bits per heavy atom. The molecule has 2 heterocycles. The van der Waals surface area contributed by atoms with Crippen molar-refractivity contribution in [1.82, 2.24) is 4.72 Å². The normalized spacial score (nSPS) is 40.0. The summed E-state index contributed by atoms with van der Waals surface area (Å²) in [5.74, 6) is 1.02. The van der Waals surface area contributed by atoms with Crippen LogP contribution in [0.1, 0.15) is 69.8 Å². The van der Waals surface area contributed by atoms with Crippen LogP contribution in [0.2, 0.25) is 0 Å². The molecule has 2 unspecified atom stereocenters. The first-order valence-electron chi connectivity index (χ1n) is 13.3. The maximum atomic E-state index is 12.0. The molecule has 2 aromatic carbocycles. The van der Waals surface area contributed by atoms with Crippen molar-refractivity contribution in [3.05, 3.63) is 71.3 Å². The molecule has 5 heteroatoms. The van der Waals surface area contributed by atoms with Crippen LogP contribution in [0.4, 0.5) is 0 Å². The number of nitrogens with one attached hydrogen (secondary N) is 1. The summed E-state index contributed by atoms with van der Waals surface area (Å²) >= 11 is 0. The van der Waals surface area contributed by atoms with Crippen LogP contribution in [-0.4, -0.2) is 31.9 Å². The smallest absolute Gasteiger partial charge is 0.208 e. The number of allylic oxidation sites excluding steroid dienone is 1. The van der Waals surface area contributed by atoms with E-state index in [1.165, 1.54) is 46.6 Å². The van der Waals surface area contributed by atoms with E-state index in [0.717, 1.165) is 38.5 Å². The Hall–Kier alpha value is -1.95. The number of fused-ring (bicyclic) bond motifs is 2. The van der Waals surface area contributed by atoms with Crippen LogP contribution < -0.4 is 4.72 Å². The largest absolute Gasteiger partial charge is 0.359 e. The van der Waals surface area contributed by atoms with Crippen molar-refractivity contribution in [1.29, 1.82) is 0 Å². The molecule has 0 aromatic heterocycles. The van der Waals surface area contributed by atoms with E-state index in [2.05, 4.69) is 66.3 Å². The molecule has 0 radical (unpaired) electrons. The van der Waals surface area contributed by atoms with Gasteiger partial charge >= 0.3 is 0 Å². The van der Waals surface area contributed by atoms with E-state index in [-0.39, 0.29) is 22.7 Å². The topological polar surface area (TPSA) is 55.4 Å². The summed E-state index contributed by atoms with van der Waals surface area (Å²) in [6.45, 7) is 2.51. The molecular formula is C30H35NO3S. The number of rotatable bonds is 3. The first kappa shape index (κ1) is 22.3. The van der Waals surface area contributed by atoms with Crippen LogP contribution in [0.3, 0.4) is 0 Å². The number of ether oxygens (including phenoxy) is 1. The number of sulfonamides is 1. The van der Waals surface area contributed by atoms with Crippen LogP contribution in [-0.2, 0) is 14.8 Å². The molecule has 6 atom stereocenters. The minimum Gasteiger partial charge on any atom is -0.359 e. The fourth-order valence-corrected chi connectivity index (χ4v) is 9.59. The van der Waals surface area contributed by atoms with Crippen molar-refractivity contribution in [3.8, 4) is 0 Å². The number of hydrogen-bond donors (Lipinski definition) is 1. The summed E-state index contributed by atoms with van der Waals surface area (Å²) in [6.07, 6.45) is 14.3. The number of hydrogen-bond acceptors (Lipinski definition) is 3. The lowest BCUT2D eigenvalue weighted by Gasteiger charge is -2.54. The molecule has 2 aromatic rings. The Kier molecular flexibility index (Phi) is 4.64. The second-order valence-corrected chi connectivity index (χ2v) is 13.9. The van der Waals surface area contributed by atoms with E-state index in [1.54, 1.807) is 0 Å². The molecule has 1 saturated heterocycles. The summed E-state index contributed by atoms with van der Waals surface area (Å²) in [5, 5.41) is 2.64. The second kappa shape index (κ2) is 7.30. The fraction of sp³-hybridized carbons (Fsp3) is 0.533. The van der Waals surface area contributed by atoms with Crippen molar-refractivity contribution in [3.63, 3.8) is 0 Å². The SMILES string of the molecule is C[C@]12CC=C3C=C4CC[C@@H](NS(C)(=O)=O)C[C@]45CCC3(O5)[C@@H]1CCC2c1ccc2ccccc2c1. The van der Waals surface area contributed by atoms with Crippen molar-refractivity contribution >= 4 is 20.8 Å². The monoisotopic (exact) mass is 489 g/mol. The van der Waals surface area contributed by atoms with Gasteiger partial charge in [0.15, 0.2) is 0 Å². The van der Waals surface area contributed by atoms with E-state index in [1.807, 2.05) is 0 Å². The zero-order valence-electron chi connectivity index (χ0n) is 20.7. The summed E-state index contributed by atoms with van der Waals surface area (Å²) < 4.78 is 34.1. The maximum Gasteiger partial charge on any atom is 0.208 e. The molecule has 5 aliphatic rings. The first-order chi connectivity index (χ1) is 16.7. The Morgan fingerprint density at radius 1 is 1.03 bits per heavy atom. The Labute approximate surface area is 208 Å². The average Bonchev–Trinajstić information content (AvgIpc) is 3.33. The third-order valence-electron chi connectivity index (χ3n) is 10.2. The highest BCUT2D eigenvalue weighted by Crippen LogP contribution is 2.69. The van der Waals surface area contributed by atoms with Gasteiger partial charge in [0.2, 0.25) is 10.0 Å². The van der Waals surface area contributed by atoms with Crippen LogP contribution >= 0.6 is 0 Å². The summed E-state index contributed by atoms with van der Waals surface area (Å²) in [6, 6.07) is 15.7. The molecule has 1 N–H and O–H groups in total. The van der Waals surface area contributed by atoms with Gasteiger partial charge in [0, 0.05) is 6.04 Å². The molecule has 2 saturated carbocycles. The molecule has 4 nitrogen and oxygen atoms in total.